The number of hydrogen-bond donors (Lipinski definition) is 2. The highest BCUT2D eigenvalue weighted by Crippen LogP contribution is 2.34. The molecular weight excluding hydrogens is 474 g/mol. The van der Waals surface area contributed by atoms with Gasteiger partial charge in [0.05, 0.1) is 19.1 Å². The molecule has 37 heavy (non-hydrogen) atoms. The number of aryl methyl sites for hydroxylation is 2. The summed E-state index contributed by atoms with van der Waals surface area (Å²) in [5.74, 6) is -0.939. The van der Waals surface area contributed by atoms with E-state index in [1.807, 2.05) is 0 Å². The Labute approximate surface area is 213 Å². The van der Waals surface area contributed by atoms with E-state index < -0.39 is 17.4 Å². The number of methoxy groups -OCH3 is 1. The van der Waals surface area contributed by atoms with E-state index >= 15 is 0 Å². The fourth-order valence-electron chi connectivity index (χ4n) is 4.15. The van der Waals surface area contributed by atoms with Gasteiger partial charge in [0.2, 0.25) is 0 Å². The molecule has 0 amide bonds. The van der Waals surface area contributed by atoms with Crippen molar-refractivity contribution in [3.05, 3.63) is 106 Å². The third-order valence-electron chi connectivity index (χ3n) is 6.04. The van der Waals surface area contributed by atoms with E-state index in [1.54, 1.807) is 78.5 Å². The third kappa shape index (κ3) is 6.13. The van der Waals surface area contributed by atoms with E-state index in [0.717, 1.165) is 5.56 Å². The van der Waals surface area contributed by atoms with Gasteiger partial charge in [0.25, 0.3) is 5.56 Å². The molecule has 0 saturated carbocycles. The number of aromatic hydroxyl groups is 2. The molecule has 1 unspecified atom stereocenters. The predicted molar refractivity (Wildman–Crippen MR) is 136 cm³/mol. The molecule has 4 rings (SSSR count). The smallest absolute Gasteiger partial charge is 0.321 e. The summed E-state index contributed by atoms with van der Waals surface area (Å²) in [4.78, 5) is 34.2. The Bertz CT molecular complexity index is 1430. The summed E-state index contributed by atoms with van der Waals surface area (Å²) < 4.78 is 12.2. The zero-order valence-electron chi connectivity index (χ0n) is 20.5. The lowest BCUT2D eigenvalue weighted by atomic mass is 9.88. The number of hydrogen-bond acceptors (Lipinski definition) is 8. The molecule has 4 aromatic rings. The number of phenols is 1. The minimum atomic E-state index is -0.791. The Balaban J connectivity index is 1.72. The quantitative estimate of drug-likeness (QED) is 0.329. The monoisotopic (exact) mass is 501 g/mol. The maximum absolute atomic E-state index is 13.7. The molecule has 0 saturated heterocycles. The Morgan fingerprint density at radius 1 is 1.03 bits per heavy atom. The number of pyridine rings is 1. The molecule has 0 aliphatic carbocycles. The zero-order valence-corrected chi connectivity index (χ0v) is 20.5. The lowest BCUT2D eigenvalue weighted by molar-refractivity contribution is -0.140. The number of phenolic OH excluding ortho intramolecular Hbond substituents is 1. The average molecular weight is 502 g/mol. The molecular formula is C28H27N3O6. The number of esters is 1. The number of aromatic nitrogens is 3. The first-order valence-corrected chi connectivity index (χ1v) is 11.7. The van der Waals surface area contributed by atoms with Gasteiger partial charge >= 0.3 is 12.0 Å². The van der Waals surface area contributed by atoms with Crippen molar-refractivity contribution in [1.29, 1.82) is 0 Å². The fraction of sp³-hybridized carbons (Fsp3) is 0.214. The van der Waals surface area contributed by atoms with E-state index in [1.165, 1.54) is 13.2 Å². The van der Waals surface area contributed by atoms with Crippen molar-refractivity contribution in [3.8, 4) is 23.3 Å². The molecule has 0 fully saturated rings. The topological polar surface area (TPSA) is 124 Å². The second-order valence-electron chi connectivity index (χ2n) is 8.50. The minimum absolute atomic E-state index is 0.0924. The van der Waals surface area contributed by atoms with Crippen LogP contribution in [-0.2, 0) is 22.5 Å². The van der Waals surface area contributed by atoms with Gasteiger partial charge in [-0.1, -0.05) is 24.3 Å². The molecule has 2 heterocycles. The lowest BCUT2D eigenvalue weighted by Gasteiger charge is -2.21. The van der Waals surface area contributed by atoms with Crippen LogP contribution in [0, 0.1) is 6.92 Å². The standard InChI is InChI=1S/C28H27N3O6/c1-18-15-24(33)26(27(35)31(18)14-11-19-7-9-21(32)10-8-19)23(17-25(34)36-2)20-5-3-6-22(16-20)37-28-29-12-4-13-30-28/h3-10,12-13,15-16,23,32-33H,11,14,17H2,1-2H3. The summed E-state index contributed by atoms with van der Waals surface area (Å²) in [6.45, 7) is 2.09. The van der Waals surface area contributed by atoms with Crippen LogP contribution in [0.25, 0.3) is 0 Å². The maximum atomic E-state index is 13.7. The van der Waals surface area contributed by atoms with Crippen molar-refractivity contribution in [3.63, 3.8) is 0 Å². The number of carbonyl (C=O) groups excluding carboxylic acids is 1. The Kier molecular flexibility index (Phi) is 7.83. The highest BCUT2D eigenvalue weighted by molar-refractivity contribution is 5.71. The lowest BCUT2D eigenvalue weighted by Crippen LogP contribution is -2.29. The first kappa shape index (κ1) is 25.4. The zero-order chi connectivity index (χ0) is 26.4. The third-order valence-corrected chi connectivity index (χ3v) is 6.04. The molecule has 0 aliphatic heterocycles. The minimum Gasteiger partial charge on any atom is -0.508 e. The van der Waals surface area contributed by atoms with Gasteiger partial charge in [-0.15, -0.1) is 0 Å². The van der Waals surface area contributed by atoms with Gasteiger partial charge in [-0.05, 0) is 60.9 Å². The first-order valence-electron chi connectivity index (χ1n) is 11.7. The molecule has 9 nitrogen and oxygen atoms in total. The second-order valence-corrected chi connectivity index (χ2v) is 8.50. The van der Waals surface area contributed by atoms with E-state index in [-0.39, 0.29) is 29.5 Å². The van der Waals surface area contributed by atoms with Crippen molar-refractivity contribution < 1.29 is 24.5 Å². The summed E-state index contributed by atoms with van der Waals surface area (Å²) in [6, 6.07) is 17.0. The van der Waals surface area contributed by atoms with E-state index in [9.17, 15) is 19.8 Å². The highest BCUT2D eigenvalue weighted by atomic mass is 16.5. The van der Waals surface area contributed by atoms with Gasteiger partial charge in [0.15, 0.2) is 0 Å². The van der Waals surface area contributed by atoms with E-state index in [0.29, 0.717) is 30.0 Å². The van der Waals surface area contributed by atoms with Crippen LogP contribution in [-0.4, -0.2) is 37.8 Å². The summed E-state index contributed by atoms with van der Waals surface area (Å²) >= 11 is 0. The van der Waals surface area contributed by atoms with Crippen molar-refractivity contribution in [2.24, 2.45) is 0 Å². The molecule has 1 atom stereocenters. The number of benzene rings is 2. The SMILES string of the molecule is COC(=O)CC(c1cccc(Oc2ncccn2)c1)c1c(O)cc(C)n(CCc2ccc(O)cc2)c1=O. The van der Waals surface area contributed by atoms with E-state index in [4.69, 9.17) is 9.47 Å². The van der Waals surface area contributed by atoms with Gasteiger partial charge < -0.3 is 24.3 Å². The van der Waals surface area contributed by atoms with Gasteiger partial charge in [0, 0.05) is 30.6 Å². The Morgan fingerprint density at radius 3 is 2.46 bits per heavy atom. The molecule has 0 bridgehead atoms. The van der Waals surface area contributed by atoms with Crippen LogP contribution in [0.15, 0.2) is 77.9 Å². The van der Waals surface area contributed by atoms with E-state index in [2.05, 4.69) is 9.97 Å². The summed E-state index contributed by atoms with van der Waals surface area (Å²) in [7, 11) is 1.27. The number of carbonyl (C=O) groups is 1. The normalized spacial score (nSPS) is 11.6. The number of rotatable bonds is 9. The Morgan fingerprint density at radius 2 is 1.76 bits per heavy atom. The first-order chi connectivity index (χ1) is 17.9. The summed E-state index contributed by atoms with van der Waals surface area (Å²) in [5.41, 5.74) is 1.80. The fourth-order valence-corrected chi connectivity index (χ4v) is 4.15. The average Bonchev–Trinajstić information content (AvgIpc) is 2.89. The molecule has 0 aliphatic rings. The molecule has 2 aromatic carbocycles. The van der Waals surface area contributed by atoms with Crippen LogP contribution in [0.1, 0.15) is 34.7 Å². The van der Waals surface area contributed by atoms with Crippen LogP contribution in [0.5, 0.6) is 23.3 Å². The molecule has 9 heteroatoms. The predicted octanol–water partition coefficient (Wildman–Crippen LogP) is 4.09. The second kappa shape index (κ2) is 11.4. The van der Waals surface area contributed by atoms with Crippen LogP contribution >= 0.6 is 0 Å². The van der Waals surface area contributed by atoms with Gasteiger partial charge in [-0.2, -0.15) is 0 Å². The summed E-state index contributed by atoms with van der Waals surface area (Å²) in [6.07, 6.45) is 3.48. The Hall–Kier alpha value is -4.66. The molecule has 190 valence electrons. The van der Waals surface area contributed by atoms with Crippen LogP contribution in [0.2, 0.25) is 0 Å². The van der Waals surface area contributed by atoms with Crippen molar-refractivity contribution in [2.75, 3.05) is 7.11 Å². The summed E-state index contributed by atoms with van der Waals surface area (Å²) in [5, 5.41) is 20.4. The van der Waals surface area contributed by atoms with Crippen molar-refractivity contribution in [2.45, 2.75) is 32.2 Å². The number of nitrogens with zero attached hydrogens (tertiary/aromatic N) is 3. The molecule has 0 spiro atoms. The van der Waals surface area contributed by atoms with Gasteiger partial charge in [-0.25, -0.2) is 9.97 Å². The molecule has 0 radical (unpaired) electrons. The molecule has 2 N–H and O–H groups in total. The van der Waals surface area contributed by atoms with Crippen molar-refractivity contribution >= 4 is 5.97 Å². The molecule has 2 aromatic heterocycles. The maximum Gasteiger partial charge on any atom is 0.321 e. The van der Waals surface area contributed by atoms with Crippen LogP contribution in [0.4, 0.5) is 0 Å². The number of ether oxygens (including phenoxy) is 2. The van der Waals surface area contributed by atoms with Crippen molar-refractivity contribution in [1.82, 2.24) is 14.5 Å². The highest BCUT2D eigenvalue weighted by Gasteiger charge is 2.27. The van der Waals surface area contributed by atoms with Crippen LogP contribution in [0.3, 0.4) is 0 Å². The van der Waals surface area contributed by atoms with Gasteiger partial charge in [-0.3, -0.25) is 9.59 Å². The van der Waals surface area contributed by atoms with Crippen LogP contribution < -0.4 is 10.3 Å². The largest absolute Gasteiger partial charge is 0.508 e. The van der Waals surface area contributed by atoms with Gasteiger partial charge in [0.1, 0.15) is 17.2 Å².